The Morgan fingerprint density at radius 1 is 1.22 bits per heavy atom. The first-order valence-corrected chi connectivity index (χ1v) is 8.24. The van der Waals surface area contributed by atoms with Crippen LogP contribution in [-0.4, -0.2) is 24.5 Å². The van der Waals surface area contributed by atoms with Gasteiger partial charge < -0.3 is 10.1 Å². The van der Waals surface area contributed by atoms with Gasteiger partial charge in [-0.05, 0) is 42.9 Å². The molecule has 2 rings (SSSR count). The number of halogens is 1. The second kappa shape index (κ2) is 8.65. The van der Waals surface area contributed by atoms with Crippen LogP contribution in [0.25, 0.3) is 0 Å². The van der Waals surface area contributed by atoms with E-state index in [0.717, 1.165) is 24.8 Å². The highest BCUT2D eigenvalue weighted by molar-refractivity contribution is 5.80. The third-order valence-electron chi connectivity index (χ3n) is 4.35. The molecule has 0 spiro atoms. The number of amides is 1. The number of hydrogen-bond donors (Lipinski definition) is 1. The monoisotopic (exact) mass is 321 g/mol. The van der Waals surface area contributed by atoms with Crippen LogP contribution in [0.1, 0.15) is 44.6 Å². The number of aryl methyl sites for hydroxylation is 1. The number of esters is 1. The minimum absolute atomic E-state index is 0.179. The Morgan fingerprint density at radius 2 is 1.91 bits per heavy atom. The largest absolute Gasteiger partial charge is 0.456 e. The number of ether oxygens (including phenoxy) is 1. The van der Waals surface area contributed by atoms with Gasteiger partial charge in [0.1, 0.15) is 5.82 Å². The Morgan fingerprint density at radius 3 is 2.61 bits per heavy atom. The molecule has 1 aromatic carbocycles. The summed E-state index contributed by atoms with van der Waals surface area (Å²) in [6, 6.07) is 6.19. The van der Waals surface area contributed by atoms with Crippen LogP contribution in [0.3, 0.4) is 0 Å². The van der Waals surface area contributed by atoms with Crippen LogP contribution >= 0.6 is 0 Å². The first-order valence-electron chi connectivity index (χ1n) is 8.24. The molecule has 1 fully saturated rings. The van der Waals surface area contributed by atoms with Crippen LogP contribution in [0.15, 0.2) is 24.3 Å². The molecule has 1 aromatic rings. The van der Waals surface area contributed by atoms with E-state index in [4.69, 9.17) is 4.74 Å². The van der Waals surface area contributed by atoms with Gasteiger partial charge in [-0.25, -0.2) is 4.39 Å². The van der Waals surface area contributed by atoms with E-state index in [0.29, 0.717) is 12.3 Å². The molecule has 0 aromatic heterocycles. The number of hydrogen-bond acceptors (Lipinski definition) is 3. The molecule has 5 heteroatoms. The average Bonchev–Trinajstić information content (AvgIpc) is 2.54. The van der Waals surface area contributed by atoms with E-state index in [2.05, 4.69) is 12.2 Å². The van der Waals surface area contributed by atoms with Crippen molar-refractivity contribution in [3.05, 3.63) is 35.6 Å². The predicted octanol–water partition coefficient (Wildman–Crippen LogP) is 3.00. The van der Waals surface area contributed by atoms with Gasteiger partial charge in [0.05, 0.1) is 0 Å². The first kappa shape index (κ1) is 17.4. The molecule has 1 saturated carbocycles. The molecular weight excluding hydrogens is 297 g/mol. The molecule has 0 saturated heterocycles. The molecule has 0 unspecified atom stereocenters. The van der Waals surface area contributed by atoms with E-state index in [-0.39, 0.29) is 30.8 Å². The smallest absolute Gasteiger partial charge is 0.306 e. The third kappa shape index (κ3) is 6.00. The minimum Gasteiger partial charge on any atom is -0.456 e. The van der Waals surface area contributed by atoms with Gasteiger partial charge in [-0.1, -0.05) is 31.9 Å². The summed E-state index contributed by atoms with van der Waals surface area (Å²) in [5, 5.41) is 2.95. The van der Waals surface area contributed by atoms with E-state index >= 15 is 0 Å². The molecule has 0 radical (unpaired) electrons. The normalized spacial score (nSPS) is 20.8. The second-order valence-electron chi connectivity index (χ2n) is 6.22. The van der Waals surface area contributed by atoms with Gasteiger partial charge in [0.2, 0.25) is 0 Å². The molecule has 1 aliphatic carbocycles. The summed E-state index contributed by atoms with van der Waals surface area (Å²) in [5.41, 5.74) is 0.865. The quantitative estimate of drug-likeness (QED) is 0.820. The highest BCUT2D eigenvalue weighted by Gasteiger charge is 2.23. The maximum atomic E-state index is 12.8. The van der Waals surface area contributed by atoms with Gasteiger partial charge in [-0.3, -0.25) is 9.59 Å². The lowest BCUT2D eigenvalue weighted by Gasteiger charge is -2.29. The van der Waals surface area contributed by atoms with Gasteiger partial charge in [-0.15, -0.1) is 0 Å². The number of benzene rings is 1. The number of nitrogens with one attached hydrogen (secondary N) is 1. The van der Waals surface area contributed by atoms with Crippen LogP contribution < -0.4 is 5.32 Å². The molecule has 2 atom stereocenters. The van der Waals surface area contributed by atoms with E-state index in [1.54, 1.807) is 12.1 Å². The Kier molecular flexibility index (Phi) is 6.56. The van der Waals surface area contributed by atoms with Gasteiger partial charge >= 0.3 is 5.97 Å². The molecule has 0 bridgehead atoms. The van der Waals surface area contributed by atoms with E-state index in [1.807, 2.05) is 0 Å². The zero-order valence-electron chi connectivity index (χ0n) is 13.5. The molecule has 1 aliphatic rings. The lowest BCUT2D eigenvalue weighted by molar-refractivity contribution is -0.148. The van der Waals surface area contributed by atoms with Crippen molar-refractivity contribution in [1.82, 2.24) is 5.32 Å². The topological polar surface area (TPSA) is 55.4 Å². The standard InChI is InChI=1S/C18H24FNO3/c1-13-4-2-3-5-16(13)20-17(21)12-23-18(22)11-8-14-6-9-15(19)10-7-14/h6-7,9-10,13,16H,2-5,8,11-12H2,1H3,(H,20,21)/t13-,16-/m0/s1. The van der Waals surface area contributed by atoms with Crippen LogP contribution in [-0.2, 0) is 20.7 Å². The van der Waals surface area contributed by atoms with Gasteiger partial charge in [0, 0.05) is 12.5 Å². The van der Waals surface area contributed by atoms with Crippen LogP contribution in [0, 0.1) is 11.7 Å². The van der Waals surface area contributed by atoms with Crippen molar-refractivity contribution in [2.75, 3.05) is 6.61 Å². The Bertz CT molecular complexity index is 530. The number of rotatable bonds is 6. The summed E-state index contributed by atoms with van der Waals surface area (Å²) in [5.74, 6) is -0.480. The lowest BCUT2D eigenvalue weighted by Crippen LogP contribution is -2.42. The molecule has 126 valence electrons. The van der Waals surface area contributed by atoms with Crippen molar-refractivity contribution in [3.63, 3.8) is 0 Å². The molecule has 23 heavy (non-hydrogen) atoms. The van der Waals surface area contributed by atoms with Crippen molar-refractivity contribution in [3.8, 4) is 0 Å². The highest BCUT2D eigenvalue weighted by atomic mass is 19.1. The molecule has 0 aliphatic heterocycles. The third-order valence-corrected chi connectivity index (χ3v) is 4.35. The van der Waals surface area contributed by atoms with Crippen molar-refractivity contribution >= 4 is 11.9 Å². The second-order valence-corrected chi connectivity index (χ2v) is 6.22. The lowest BCUT2D eigenvalue weighted by atomic mass is 9.86. The zero-order valence-corrected chi connectivity index (χ0v) is 13.5. The Hall–Kier alpha value is -1.91. The van der Waals surface area contributed by atoms with Gasteiger partial charge in [0.15, 0.2) is 6.61 Å². The summed E-state index contributed by atoms with van der Waals surface area (Å²) in [6.07, 6.45) is 5.12. The fraction of sp³-hybridized carbons (Fsp3) is 0.556. The summed E-state index contributed by atoms with van der Waals surface area (Å²) in [6.45, 7) is 1.91. The van der Waals surface area contributed by atoms with E-state index in [9.17, 15) is 14.0 Å². The van der Waals surface area contributed by atoms with Crippen LogP contribution in [0.5, 0.6) is 0 Å². The summed E-state index contributed by atoms with van der Waals surface area (Å²) in [7, 11) is 0. The molecule has 4 nitrogen and oxygen atoms in total. The Labute approximate surface area is 136 Å². The number of carbonyl (C=O) groups is 2. The highest BCUT2D eigenvalue weighted by Crippen LogP contribution is 2.23. The van der Waals surface area contributed by atoms with Crippen molar-refractivity contribution in [1.29, 1.82) is 0 Å². The first-order chi connectivity index (χ1) is 11.0. The van der Waals surface area contributed by atoms with Crippen LogP contribution in [0.2, 0.25) is 0 Å². The maximum Gasteiger partial charge on any atom is 0.306 e. The SMILES string of the molecule is C[C@H]1CCCC[C@@H]1NC(=O)COC(=O)CCc1ccc(F)cc1. The maximum absolute atomic E-state index is 12.8. The van der Waals surface area contributed by atoms with Crippen molar-refractivity contribution < 1.29 is 18.7 Å². The van der Waals surface area contributed by atoms with E-state index in [1.165, 1.54) is 18.6 Å². The predicted molar refractivity (Wildman–Crippen MR) is 85.2 cm³/mol. The van der Waals surface area contributed by atoms with Gasteiger partial charge in [0.25, 0.3) is 5.91 Å². The van der Waals surface area contributed by atoms with Crippen LogP contribution in [0.4, 0.5) is 4.39 Å². The van der Waals surface area contributed by atoms with Gasteiger partial charge in [-0.2, -0.15) is 0 Å². The molecule has 1 amide bonds. The Balaban J connectivity index is 1.65. The van der Waals surface area contributed by atoms with Crippen molar-refractivity contribution in [2.45, 2.75) is 51.5 Å². The summed E-state index contributed by atoms with van der Waals surface area (Å²) >= 11 is 0. The fourth-order valence-corrected chi connectivity index (χ4v) is 2.89. The fourth-order valence-electron chi connectivity index (χ4n) is 2.89. The molecule has 0 heterocycles. The zero-order chi connectivity index (χ0) is 16.7. The summed E-state index contributed by atoms with van der Waals surface area (Å²) < 4.78 is 17.8. The summed E-state index contributed by atoms with van der Waals surface area (Å²) in [4.78, 5) is 23.5. The minimum atomic E-state index is -0.416. The average molecular weight is 321 g/mol. The molecular formula is C18H24FNO3. The number of carbonyl (C=O) groups excluding carboxylic acids is 2. The molecule has 1 N–H and O–H groups in total. The van der Waals surface area contributed by atoms with Crippen molar-refractivity contribution in [2.24, 2.45) is 5.92 Å². The van der Waals surface area contributed by atoms with E-state index < -0.39 is 5.97 Å².